The molecule has 0 fully saturated rings. The minimum atomic E-state index is -0.749. The summed E-state index contributed by atoms with van der Waals surface area (Å²) in [7, 11) is 2.73. The number of methoxy groups -OCH3 is 2. The first-order valence-electron chi connectivity index (χ1n) is 10.3. The third-order valence-electron chi connectivity index (χ3n) is 5.46. The summed E-state index contributed by atoms with van der Waals surface area (Å²) in [5.74, 6) is -0.787. The second kappa shape index (κ2) is 9.64. The van der Waals surface area contributed by atoms with Crippen LogP contribution in [0.2, 0.25) is 5.02 Å². The molecule has 0 amide bonds. The predicted molar refractivity (Wildman–Crippen MR) is 125 cm³/mol. The molecule has 0 aliphatic heterocycles. The van der Waals surface area contributed by atoms with Crippen LogP contribution in [0.1, 0.15) is 16.1 Å². The number of halogens is 3. The Balaban J connectivity index is 1.54. The highest BCUT2D eigenvalue weighted by atomic mass is 35.5. The highest BCUT2D eigenvalue weighted by molar-refractivity contribution is 6.35. The van der Waals surface area contributed by atoms with E-state index >= 15 is 0 Å². The SMILES string of the molecule is COC(=O)c1ccc(-c2cc(NCCn3c(C)c(OC)c4cc(F)cc(Cl)c43)ncn2)cc1F. The normalized spacial score (nSPS) is 11.0. The smallest absolute Gasteiger partial charge is 0.340 e. The Morgan fingerprint density at radius 2 is 1.94 bits per heavy atom. The number of ether oxygens (including phenoxy) is 2. The summed E-state index contributed by atoms with van der Waals surface area (Å²) in [5, 5.41) is 4.11. The van der Waals surface area contributed by atoms with Crippen LogP contribution in [0.15, 0.2) is 42.7 Å². The van der Waals surface area contributed by atoms with Crippen molar-refractivity contribution in [3.63, 3.8) is 0 Å². The second-order valence-corrected chi connectivity index (χ2v) is 7.86. The summed E-state index contributed by atoms with van der Waals surface area (Å²) >= 11 is 6.33. The molecule has 4 rings (SSSR count). The van der Waals surface area contributed by atoms with Gasteiger partial charge in [-0.15, -0.1) is 0 Å². The van der Waals surface area contributed by atoms with Gasteiger partial charge in [0.25, 0.3) is 0 Å². The molecule has 0 bridgehead atoms. The number of nitrogens with one attached hydrogen (secondary N) is 1. The zero-order chi connectivity index (χ0) is 24.4. The Kier molecular flexibility index (Phi) is 6.65. The molecular formula is C24H21ClF2N4O3. The van der Waals surface area contributed by atoms with Crippen LogP contribution in [0.4, 0.5) is 14.6 Å². The molecule has 0 atom stereocenters. The number of anilines is 1. The predicted octanol–water partition coefficient (Wildman–Crippen LogP) is 5.25. The van der Waals surface area contributed by atoms with E-state index in [1.165, 1.54) is 44.8 Å². The Morgan fingerprint density at radius 3 is 2.65 bits per heavy atom. The van der Waals surface area contributed by atoms with E-state index in [-0.39, 0.29) is 5.56 Å². The molecule has 2 aromatic carbocycles. The Bertz CT molecular complexity index is 1390. The molecule has 2 aromatic heterocycles. The molecule has 0 aliphatic carbocycles. The van der Waals surface area contributed by atoms with Crippen molar-refractivity contribution in [1.82, 2.24) is 14.5 Å². The summed E-state index contributed by atoms with van der Waals surface area (Å²) in [6, 6.07) is 8.51. The average molecular weight is 487 g/mol. The molecule has 34 heavy (non-hydrogen) atoms. The molecule has 1 N–H and O–H groups in total. The van der Waals surface area contributed by atoms with Gasteiger partial charge in [0.05, 0.1) is 41.7 Å². The summed E-state index contributed by atoms with van der Waals surface area (Å²) in [6.07, 6.45) is 1.36. The number of hydrogen-bond acceptors (Lipinski definition) is 6. The summed E-state index contributed by atoms with van der Waals surface area (Å²) in [5.41, 5.74) is 2.32. The first-order valence-corrected chi connectivity index (χ1v) is 10.7. The third kappa shape index (κ3) is 4.38. The van der Waals surface area contributed by atoms with Crippen LogP contribution in [-0.4, -0.2) is 41.3 Å². The van der Waals surface area contributed by atoms with Crippen molar-refractivity contribution in [3.05, 3.63) is 70.6 Å². The summed E-state index contributed by atoms with van der Waals surface area (Å²) < 4.78 is 40.2. The van der Waals surface area contributed by atoms with Gasteiger partial charge in [0.1, 0.15) is 29.5 Å². The van der Waals surface area contributed by atoms with Crippen LogP contribution in [0.25, 0.3) is 22.2 Å². The van der Waals surface area contributed by atoms with Crippen LogP contribution in [0.5, 0.6) is 5.75 Å². The zero-order valence-corrected chi connectivity index (χ0v) is 19.4. The van der Waals surface area contributed by atoms with E-state index in [1.807, 2.05) is 11.5 Å². The number of benzene rings is 2. The van der Waals surface area contributed by atoms with E-state index in [9.17, 15) is 13.6 Å². The van der Waals surface area contributed by atoms with E-state index < -0.39 is 17.6 Å². The van der Waals surface area contributed by atoms with Gasteiger partial charge >= 0.3 is 5.97 Å². The molecule has 0 saturated carbocycles. The van der Waals surface area contributed by atoms with Crippen LogP contribution in [0.3, 0.4) is 0 Å². The van der Waals surface area contributed by atoms with E-state index in [0.717, 1.165) is 5.69 Å². The second-order valence-electron chi connectivity index (χ2n) is 7.46. The Labute approximate surface area is 199 Å². The van der Waals surface area contributed by atoms with Crippen molar-refractivity contribution in [2.24, 2.45) is 0 Å². The van der Waals surface area contributed by atoms with Gasteiger partial charge in [-0.05, 0) is 31.2 Å². The summed E-state index contributed by atoms with van der Waals surface area (Å²) in [4.78, 5) is 20.0. The van der Waals surface area contributed by atoms with Crippen LogP contribution in [-0.2, 0) is 11.3 Å². The van der Waals surface area contributed by atoms with Crippen molar-refractivity contribution < 1.29 is 23.0 Å². The molecule has 0 aliphatic rings. The van der Waals surface area contributed by atoms with Crippen LogP contribution >= 0.6 is 11.6 Å². The zero-order valence-electron chi connectivity index (χ0n) is 18.7. The molecule has 0 spiro atoms. The first kappa shape index (κ1) is 23.4. The Hall–Kier alpha value is -3.72. The number of fused-ring (bicyclic) bond motifs is 1. The number of carbonyl (C=O) groups is 1. The monoisotopic (exact) mass is 486 g/mol. The van der Waals surface area contributed by atoms with Gasteiger partial charge in [0.15, 0.2) is 0 Å². The fourth-order valence-corrected chi connectivity index (χ4v) is 4.20. The molecule has 0 saturated heterocycles. The number of nitrogens with zero attached hydrogens (tertiary/aromatic N) is 3. The number of carbonyl (C=O) groups excluding carboxylic acids is 1. The number of rotatable bonds is 7. The number of hydrogen-bond donors (Lipinski definition) is 1. The highest BCUT2D eigenvalue weighted by Crippen LogP contribution is 2.37. The lowest BCUT2D eigenvalue weighted by molar-refractivity contribution is 0.0595. The first-order chi connectivity index (χ1) is 16.3. The lowest BCUT2D eigenvalue weighted by Crippen LogP contribution is -2.12. The molecule has 4 aromatic rings. The standard InChI is InChI=1S/C24H21ClF2N4O3/c1-13-23(33-2)17-9-15(26)10-18(25)22(17)31(13)7-6-28-21-11-20(29-12-30-21)14-4-5-16(19(27)8-14)24(32)34-3/h4-5,8-12H,6-7H2,1-3H3,(H,28,29,30). The number of aromatic nitrogens is 3. The average Bonchev–Trinajstić information content (AvgIpc) is 3.09. The molecular weight excluding hydrogens is 466 g/mol. The van der Waals surface area contributed by atoms with Gasteiger partial charge in [-0.25, -0.2) is 23.5 Å². The largest absolute Gasteiger partial charge is 0.494 e. The fraction of sp³-hybridized carbons (Fsp3) is 0.208. The van der Waals surface area contributed by atoms with Gasteiger partial charge in [-0.2, -0.15) is 0 Å². The van der Waals surface area contributed by atoms with E-state index in [0.29, 0.717) is 51.8 Å². The van der Waals surface area contributed by atoms with Crippen molar-refractivity contribution in [2.75, 3.05) is 26.1 Å². The lowest BCUT2D eigenvalue weighted by atomic mass is 10.1. The topological polar surface area (TPSA) is 78.3 Å². The molecule has 176 valence electrons. The lowest BCUT2D eigenvalue weighted by Gasteiger charge is -2.11. The molecule has 0 unspecified atom stereocenters. The summed E-state index contributed by atoms with van der Waals surface area (Å²) in [6.45, 7) is 2.84. The van der Waals surface area contributed by atoms with Gasteiger partial charge in [-0.1, -0.05) is 17.7 Å². The van der Waals surface area contributed by atoms with Crippen molar-refractivity contribution in [1.29, 1.82) is 0 Å². The molecule has 10 heteroatoms. The Morgan fingerprint density at radius 1 is 1.15 bits per heavy atom. The van der Waals surface area contributed by atoms with E-state index in [4.69, 9.17) is 16.3 Å². The van der Waals surface area contributed by atoms with Crippen molar-refractivity contribution in [2.45, 2.75) is 13.5 Å². The van der Waals surface area contributed by atoms with Crippen LogP contribution in [0, 0.1) is 18.6 Å². The van der Waals surface area contributed by atoms with Crippen LogP contribution < -0.4 is 10.1 Å². The fourth-order valence-electron chi connectivity index (χ4n) is 3.89. The number of esters is 1. The highest BCUT2D eigenvalue weighted by Gasteiger charge is 2.18. The maximum Gasteiger partial charge on any atom is 0.340 e. The molecule has 0 radical (unpaired) electrons. The van der Waals surface area contributed by atoms with Gasteiger partial charge < -0.3 is 19.4 Å². The minimum absolute atomic E-state index is 0.151. The maximum absolute atomic E-state index is 14.3. The van der Waals surface area contributed by atoms with Gasteiger partial charge in [0.2, 0.25) is 0 Å². The maximum atomic E-state index is 14.3. The quantitative estimate of drug-likeness (QED) is 0.360. The minimum Gasteiger partial charge on any atom is -0.494 e. The van der Waals surface area contributed by atoms with Gasteiger partial charge in [0, 0.05) is 30.1 Å². The van der Waals surface area contributed by atoms with E-state index in [2.05, 4.69) is 20.0 Å². The third-order valence-corrected chi connectivity index (χ3v) is 5.75. The van der Waals surface area contributed by atoms with Crippen molar-refractivity contribution in [3.8, 4) is 17.0 Å². The molecule has 2 heterocycles. The van der Waals surface area contributed by atoms with E-state index in [1.54, 1.807) is 12.1 Å². The van der Waals surface area contributed by atoms with Crippen molar-refractivity contribution >= 4 is 34.3 Å². The van der Waals surface area contributed by atoms with Gasteiger partial charge in [-0.3, -0.25) is 0 Å². The molecule has 7 nitrogen and oxygen atoms in total.